The molecule has 1 saturated heterocycles. The number of nitrogens with one attached hydrogen (secondary N) is 1. The number of aromatic nitrogens is 1. The lowest BCUT2D eigenvalue weighted by Gasteiger charge is -2.40. The lowest BCUT2D eigenvalue weighted by Crippen LogP contribution is -2.59. The Morgan fingerprint density at radius 3 is 2.38 bits per heavy atom. The number of ketones is 1. The zero-order chi connectivity index (χ0) is 31.4. The van der Waals surface area contributed by atoms with Gasteiger partial charge in [-0.2, -0.15) is 0 Å². The van der Waals surface area contributed by atoms with Gasteiger partial charge in [0, 0.05) is 38.2 Å². The topological polar surface area (TPSA) is 109 Å². The molecule has 0 unspecified atom stereocenters. The molecule has 0 saturated carbocycles. The summed E-state index contributed by atoms with van der Waals surface area (Å²) in [5.41, 5.74) is 0.341. The number of rotatable bonds is 17. The van der Waals surface area contributed by atoms with E-state index in [1.54, 1.807) is 5.38 Å². The Hall–Kier alpha value is -2.33. The van der Waals surface area contributed by atoms with E-state index in [1.165, 1.54) is 25.2 Å². The highest BCUT2D eigenvalue weighted by molar-refractivity contribution is 7.09. The van der Waals surface area contributed by atoms with E-state index in [9.17, 15) is 19.2 Å². The number of likely N-dealkylation sites (tertiary alicyclic amines) is 1. The summed E-state index contributed by atoms with van der Waals surface area (Å²) in [6.07, 6.45) is 7.29. The minimum atomic E-state index is -0.688. The molecular weight excluding hydrogens is 552 g/mol. The molecule has 1 aromatic heterocycles. The molecule has 9 nitrogen and oxygen atoms in total. The molecular formula is C32H54N4O5S. The van der Waals surface area contributed by atoms with Crippen molar-refractivity contribution in [1.29, 1.82) is 0 Å². The van der Waals surface area contributed by atoms with Crippen LogP contribution in [0.2, 0.25) is 0 Å². The van der Waals surface area contributed by atoms with Crippen LogP contribution in [-0.2, 0) is 19.1 Å². The smallest absolute Gasteiger partial charge is 0.303 e. The van der Waals surface area contributed by atoms with E-state index in [0.717, 1.165) is 57.9 Å². The minimum absolute atomic E-state index is 0.0446. The molecule has 0 spiro atoms. The van der Waals surface area contributed by atoms with Gasteiger partial charge in [0.15, 0.2) is 11.9 Å². The first-order chi connectivity index (χ1) is 19.9. The molecule has 5 atom stereocenters. The number of nitrogens with zero attached hydrogens (tertiary/aromatic N) is 3. The Labute approximate surface area is 257 Å². The largest absolute Gasteiger partial charge is 0.455 e. The van der Waals surface area contributed by atoms with Gasteiger partial charge >= 0.3 is 5.97 Å². The lowest BCUT2D eigenvalue weighted by atomic mass is 9.91. The standard InChI is InChI=1S/C32H54N4O5S/c1-9-11-12-14-18-36(32(40)29(22(5)10-2)34-30(39)26-16-13-15-17-35(26)8)27(21(3)4)19-28(41-24(7)38)31-33-25(20-42-31)23(6)37/h20-22,26-29H,9-19H2,1-8H3,(H,34,39)/t22-,26+,27+,28+,29-/m0/s1. The summed E-state index contributed by atoms with van der Waals surface area (Å²) in [6.45, 7) is 14.6. The number of likely N-dealkylation sites (N-methyl/N-ethyl adjacent to an activating group) is 1. The molecule has 0 radical (unpaired) electrons. The number of carbonyl (C=O) groups is 4. The molecule has 10 heteroatoms. The van der Waals surface area contributed by atoms with E-state index >= 15 is 0 Å². The number of amides is 2. The van der Waals surface area contributed by atoms with Gasteiger partial charge < -0.3 is 15.0 Å². The predicted molar refractivity (Wildman–Crippen MR) is 167 cm³/mol. The van der Waals surface area contributed by atoms with Gasteiger partial charge in [0.25, 0.3) is 0 Å². The third kappa shape index (κ3) is 10.4. The van der Waals surface area contributed by atoms with E-state index in [0.29, 0.717) is 23.7 Å². The normalized spacial score (nSPS) is 18.6. The first kappa shape index (κ1) is 35.9. The van der Waals surface area contributed by atoms with Gasteiger partial charge in [0.05, 0.1) is 6.04 Å². The number of esters is 1. The summed E-state index contributed by atoms with van der Waals surface area (Å²) >= 11 is 1.29. The van der Waals surface area contributed by atoms with Crippen LogP contribution in [0.25, 0.3) is 0 Å². The van der Waals surface area contributed by atoms with Crippen LogP contribution in [0.4, 0.5) is 0 Å². The number of piperidine rings is 1. The fourth-order valence-electron chi connectivity index (χ4n) is 5.64. The summed E-state index contributed by atoms with van der Waals surface area (Å²) in [4.78, 5) is 60.6. The molecule has 2 heterocycles. The van der Waals surface area contributed by atoms with Crippen molar-refractivity contribution in [3.05, 3.63) is 16.1 Å². The fraction of sp³-hybridized carbons (Fsp3) is 0.781. The van der Waals surface area contributed by atoms with Crippen LogP contribution >= 0.6 is 11.3 Å². The highest BCUT2D eigenvalue weighted by Crippen LogP contribution is 2.32. The van der Waals surface area contributed by atoms with Crippen molar-refractivity contribution in [3.63, 3.8) is 0 Å². The van der Waals surface area contributed by atoms with Crippen LogP contribution in [0.1, 0.15) is 128 Å². The van der Waals surface area contributed by atoms with Gasteiger partial charge in [-0.05, 0) is 44.7 Å². The van der Waals surface area contributed by atoms with Gasteiger partial charge in [0.2, 0.25) is 11.8 Å². The first-order valence-electron chi connectivity index (χ1n) is 15.9. The summed E-state index contributed by atoms with van der Waals surface area (Å²) in [5.74, 6) is -0.769. The van der Waals surface area contributed by atoms with Crippen molar-refractivity contribution < 1.29 is 23.9 Å². The Kier molecular flexibility index (Phi) is 15.1. The molecule has 2 rings (SSSR count). The van der Waals surface area contributed by atoms with Crippen molar-refractivity contribution in [2.75, 3.05) is 20.1 Å². The molecule has 0 aromatic carbocycles. The number of hydrogen-bond acceptors (Lipinski definition) is 8. The Bertz CT molecular complexity index is 1030. The lowest BCUT2D eigenvalue weighted by molar-refractivity contribution is -0.149. The zero-order valence-corrected chi connectivity index (χ0v) is 27.9. The summed E-state index contributed by atoms with van der Waals surface area (Å²) in [7, 11) is 1.98. The predicted octanol–water partition coefficient (Wildman–Crippen LogP) is 5.79. The van der Waals surface area contributed by atoms with Crippen molar-refractivity contribution >= 4 is 34.9 Å². The maximum atomic E-state index is 14.5. The fourth-order valence-corrected chi connectivity index (χ4v) is 6.54. The molecule has 42 heavy (non-hydrogen) atoms. The molecule has 1 aliphatic heterocycles. The van der Waals surface area contributed by atoms with Gasteiger partial charge in [-0.15, -0.1) is 11.3 Å². The second-order valence-electron chi connectivity index (χ2n) is 12.2. The van der Waals surface area contributed by atoms with Crippen LogP contribution in [0.5, 0.6) is 0 Å². The van der Waals surface area contributed by atoms with E-state index in [-0.39, 0.29) is 41.5 Å². The summed E-state index contributed by atoms with van der Waals surface area (Å²) in [6, 6.07) is -1.15. The van der Waals surface area contributed by atoms with Crippen LogP contribution in [0, 0.1) is 11.8 Å². The number of hydrogen-bond donors (Lipinski definition) is 1. The maximum Gasteiger partial charge on any atom is 0.303 e. The molecule has 1 aromatic rings. The molecule has 1 fully saturated rings. The average Bonchev–Trinajstić information content (AvgIpc) is 3.44. The minimum Gasteiger partial charge on any atom is -0.455 e. The van der Waals surface area contributed by atoms with Gasteiger partial charge in [0.1, 0.15) is 16.7 Å². The second-order valence-corrected chi connectivity index (χ2v) is 13.1. The van der Waals surface area contributed by atoms with Crippen LogP contribution in [0.3, 0.4) is 0 Å². The van der Waals surface area contributed by atoms with Gasteiger partial charge in [-0.3, -0.25) is 24.1 Å². The van der Waals surface area contributed by atoms with Crippen molar-refractivity contribution in [2.24, 2.45) is 11.8 Å². The Morgan fingerprint density at radius 1 is 1.12 bits per heavy atom. The van der Waals surface area contributed by atoms with Crippen LogP contribution in [0.15, 0.2) is 5.38 Å². The zero-order valence-electron chi connectivity index (χ0n) is 27.1. The quantitative estimate of drug-likeness (QED) is 0.136. The van der Waals surface area contributed by atoms with Crippen molar-refractivity contribution in [1.82, 2.24) is 20.1 Å². The Morgan fingerprint density at radius 2 is 1.83 bits per heavy atom. The third-order valence-electron chi connectivity index (χ3n) is 8.48. The van der Waals surface area contributed by atoms with Crippen molar-refractivity contribution in [3.8, 4) is 0 Å². The third-order valence-corrected chi connectivity index (χ3v) is 9.41. The van der Waals surface area contributed by atoms with E-state index < -0.39 is 18.1 Å². The molecule has 0 aliphatic carbocycles. The molecule has 1 aliphatic rings. The van der Waals surface area contributed by atoms with Crippen LogP contribution < -0.4 is 5.32 Å². The first-order valence-corrected chi connectivity index (χ1v) is 16.7. The highest BCUT2D eigenvalue weighted by Gasteiger charge is 2.38. The van der Waals surface area contributed by atoms with Gasteiger partial charge in [-0.1, -0.05) is 66.7 Å². The maximum absolute atomic E-state index is 14.5. The summed E-state index contributed by atoms with van der Waals surface area (Å²) in [5, 5.41) is 5.40. The Balaban J connectivity index is 2.43. The molecule has 238 valence electrons. The van der Waals surface area contributed by atoms with Gasteiger partial charge in [-0.25, -0.2) is 4.98 Å². The average molecular weight is 607 g/mol. The monoisotopic (exact) mass is 606 g/mol. The summed E-state index contributed by atoms with van der Waals surface area (Å²) < 4.78 is 5.75. The second kappa shape index (κ2) is 17.7. The van der Waals surface area contributed by atoms with Crippen LogP contribution in [-0.4, -0.2) is 76.6 Å². The molecule has 1 N–H and O–H groups in total. The van der Waals surface area contributed by atoms with E-state index in [2.05, 4.69) is 36.0 Å². The van der Waals surface area contributed by atoms with E-state index in [4.69, 9.17) is 4.74 Å². The number of carbonyl (C=O) groups excluding carboxylic acids is 4. The SMILES string of the molecule is CCCCCCN(C(=O)[C@@H](NC(=O)[C@H]1CCCCN1C)[C@@H](C)CC)[C@H](C[C@@H](OC(C)=O)c1nc(C(C)=O)cs1)C(C)C. The highest BCUT2D eigenvalue weighted by atomic mass is 32.1. The van der Waals surface area contributed by atoms with E-state index in [1.807, 2.05) is 25.8 Å². The number of thiazole rings is 1. The number of ether oxygens (including phenoxy) is 1. The number of Topliss-reactive ketones (excluding diaryl/α,β-unsaturated/α-hetero) is 1. The number of unbranched alkanes of at least 4 members (excludes halogenated alkanes) is 3. The van der Waals surface area contributed by atoms with Crippen molar-refractivity contribution in [2.45, 2.75) is 130 Å². The molecule has 0 bridgehead atoms. The molecule has 2 amide bonds.